The minimum absolute atomic E-state index is 0.0535. The lowest BCUT2D eigenvalue weighted by Gasteiger charge is -2.58. The first-order chi connectivity index (χ1) is 18.5. The third kappa shape index (κ3) is 6.16. The van der Waals surface area contributed by atoms with Gasteiger partial charge < -0.3 is 14.5 Å². The topological polar surface area (TPSA) is 53.1 Å². The molecule has 6 heteroatoms. The number of benzene rings is 2. The van der Waals surface area contributed by atoms with E-state index in [1.165, 1.54) is 16.7 Å². The van der Waals surface area contributed by atoms with Crippen molar-refractivity contribution >= 4 is 12.0 Å². The van der Waals surface area contributed by atoms with E-state index in [0.29, 0.717) is 12.5 Å². The molecule has 0 bridgehead atoms. The van der Waals surface area contributed by atoms with E-state index in [1.807, 2.05) is 31.7 Å². The van der Waals surface area contributed by atoms with Crippen molar-refractivity contribution in [3.8, 4) is 0 Å². The molecule has 2 heterocycles. The van der Waals surface area contributed by atoms with Crippen LogP contribution in [0.4, 0.5) is 4.79 Å². The van der Waals surface area contributed by atoms with Crippen LogP contribution in [0.1, 0.15) is 89.0 Å². The maximum Gasteiger partial charge on any atom is 0.410 e. The number of ether oxygens (including phenoxy) is 1. The fraction of sp³-hybridized carbons (Fsp3) is 0.576. The number of hydrogen-bond acceptors (Lipinski definition) is 4. The number of carbonyl (C=O) groups is 2. The van der Waals surface area contributed by atoms with Crippen LogP contribution in [0, 0.1) is 5.41 Å². The molecule has 2 aromatic carbocycles. The van der Waals surface area contributed by atoms with Gasteiger partial charge in [-0.2, -0.15) is 0 Å². The third-order valence-corrected chi connectivity index (χ3v) is 8.85. The van der Waals surface area contributed by atoms with Gasteiger partial charge in [0, 0.05) is 32.2 Å². The molecule has 3 fully saturated rings. The second-order valence-corrected chi connectivity index (χ2v) is 13.3. The van der Waals surface area contributed by atoms with Crippen molar-refractivity contribution in [2.75, 3.05) is 26.2 Å². The van der Waals surface area contributed by atoms with E-state index in [-0.39, 0.29) is 29.5 Å². The summed E-state index contributed by atoms with van der Waals surface area (Å²) in [4.78, 5) is 32.9. The van der Waals surface area contributed by atoms with Gasteiger partial charge in [-0.05, 0) is 74.5 Å². The highest BCUT2D eigenvalue weighted by molar-refractivity contribution is 5.80. The Bertz CT molecular complexity index is 1160. The van der Waals surface area contributed by atoms with Crippen LogP contribution in [0.15, 0.2) is 54.6 Å². The van der Waals surface area contributed by atoms with E-state index >= 15 is 0 Å². The van der Waals surface area contributed by atoms with Crippen LogP contribution in [0.25, 0.3) is 0 Å². The van der Waals surface area contributed by atoms with Crippen molar-refractivity contribution in [3.63, 3.8) is 0 Å². The lowest BCUT2D eigenvalue weighted by molar-refractivity contribution is -0.153. The molecule has 39 heavy (non-hydrogen) atoms. The van der Waals surface area contributed by atoms with Gasteiger partial charge in [-0.3, -0.25) is 9.69 Å². The predicted octanol–water partition coefficient (Wildman–Crippen LogP) is 6.38. The first kappa shape index (κ1) is 27.7. The smallest absolute Gasteiger partial charge is 0.410 e. The summed E-state index contributed by atoms with van der Waals surface area (Å²) in [5.74, 6) is 0.638. The Balaban J connectivity index is 1.31. The van der Waals surface area contributed by atoms with Crippen LogP contribution in [-0.2, 0) is 16.1 Å². The van der Waals surface area contributed by atoms with E-state index in [1.54, 1.807) is 0 Å². The van der Waals surface area contributed by atoms with Crippen molar-refractivity contribution in [1.29, 1.82) is 0 Å². The standard InChI is InChI=1S/C33H45N3O3/c1-24(2)27-13-9-10-14-28(27)29-22-34(21-25-11-7-6-8-12-25)23-30(37)36(29)26-19-33(20-26)15-17-35(18-16-33)31(38)39-32(3,4)5/h6-14,24,26,29H,15-23H2,1-5H3. The molecule has 1 saturated carbocycles. The Morgan fingerprint density at radius 3 is 2.28 bits per heavy atom. The van der Waals surface area contributed by atoms with Crippen LogP contribution >= 0.6 is 0 Å². The van der Waals surface area contributed by atoms with Gasteiger partial charge in [0.05, 0.1) is 12.6 Å². The van der Waals surface area contributed by atoms with Crippen molar-refractivity contribution in [1.82, 2.24) is 14.7 Å². The Hall–Kier alpha value is -2.86. The lowest BCUT2D eigenvalue weighted by Crippen LogP contribution is -2.62. The second-order valence-electron chi connectivity index (χ2n) is 13.3. The summed E-state index contributed by atoms with van der Waals surface area (Å²) in [7, 11) is 0. The minimum Gasteiger partial charge on any atom is -0.444 e. The van der Waals surface area contributed by atoms with Gasteiger partial charge in [0.15, 0.2) is 0 Å². The monoisotopic (exact) mass is 531 g/mol. The molecular weight excluding hydrogens is 486 g/mol. The summed E-state index contributed by atoms with van der Waals surface area (Å²) in [6, 6.07) is 19.5. The Kier molecular flexibility index (Phi) is 7.78. The molecule has 2 amide bonds. The first-order valence-electron chi connectivity index (χ1n) is 14.7. The molecule has 6 nitrogen and oxygen atoms in total. The predicted molar refractivity (Wildman–Crippen MR) is 154 cm³/mol. The van der Waals surface area contributed by atoms with Gasteiger partial charge in [0.1, 0.15) is 5.60 Å². The second kappa shape index (κ2) is 11.0. The van der Waals surface area contributed by atoms with Gasteiger partial charge in [-0.25, -0.2) is 4.79 Å². The maximum atomic E-state index is 13.9. The number of piperidine rings is 1. The number of piperazine rings is 1. The molecular formula is C33H45N3O3. The van der Waals surface area contributed by atoms with E-state index < -0.39 is 5.60 Å². The molecule has 5 rings (SSSR count). The molecule has 0 N–H and O–H groups in total. The van der Waals surface area contributed by atoms with Crippen LogP contribution in [0.3, 0.4) is 0 Å². The normalized spacial score (nSPS) is 22.3. The van der Waals surface area contributed by atoms with Crippen molar-refractivity contribution < 1.29 is 14.3 Å². The zero-order valence-corrected chi connectivity index (χ0v) is 24.4. The summed E-state index contributed by atoms with van der Waals surface area (Å²) in [5.41, 5.74) is 3.63. The highest BCUT2D eigenvalue weighted by atomic mass is 16.6. The van der Waals surface area contributed by atoms with E-state index in [2.05, 4.69) is 72.2 Å². The van der Waals surface area contributed by atoms with Gasteiger partial charge in [0.25, 0.3) is 0 Å². The Morgan fingerprint density at radius 1 is 1.00 bits per heavy atom. The Morgan fingerprint density at radius 2 is 1.64 bits per heavy atom. The lowest BCUT2D eigenvalue weighted by atomic mass is 9.59. The van der Waals surface area contributed by atoms with Gasteiger partial charge in [-0.15, -0.1) is 0 Å². The van der Waals surface area contributed by atoms with E-state index in [9.17, 15) is 9.59 Å². The van der Waals surface area contributed by atoms with Crippen LogP contribution in [0.2, 0.25) is 0 Å². The third-order valence-electron chi connectivity index (χ3n) is 8.85. The van der Waals surface area contributed by atoms with Crippen LogP contribution in [-0.4, -0.2) is 64.5 Å². The van der Waals surface area contributed by atoms with Gasteiger partial charge in [0.2, 0.25) is 5.91 Å². The summed E-state index contributed by atoms with van der Waals surface area (Å²) < 4.78 is 5.60. The SMILES string of the molecule is CC(C)c1ccccc1C1CN(Cc2ccccc2)CC(=O)N1C1CC2(CCN(C(=O)OC(C)(C)C)CC2)C1. The number of carbonyl (C=O) groups excluding carboxylic acids is 2. The van der Waals surface area contributed by atoms with Gasteiger partial charge >= 0.3 is 6.09 Å². The molecule has 210 valence electrons. The molecule has 1 spiro atoms. The molecule has 1 atom stereocenters. The number of likely N-dealkylation sites (tertiary alicyclic amines) is 1. The van der Waals surface area contributed by atoms with Gasteiger partial charge in [-0.1, -0.05) is 68.4 Å². The average Bonchev–Trinajstić information content (AvgIpc) is 2.87. The first-order valence-corrected chi connectivity index (χ1v) is 14.7. The largest absolute Gasteiger partial charge is 0.444 e. The molecule has 1 unspecified atom stereocenters. The van der Waals surface area contributed by atoms with Crippen molar-refractivity contribution in [3.05, 3.63) is 71.3 Å². The molecule has 0 radical (unpaired) electrons. The molecule has 2 aromatic rings. The molecule has 3 aliphatic rings. The highest BCUT2D eigenvalue weighted by Gasteiger charge is 2.52. The summed E-state index contributed by atoms with van der Waals surface area (Å²) >= 11 is 0. The zero-order valence-electron chi connectivity index (χ0n) is 24.4. The zero-order chi connectivity index (χ0) is 27.8. The highest BCUT2D eigenvalue weighted by Crippen LogP contribution is 2.53. The molecule has 0 aromatic heterocycles. The Labute approximate surface area is 234 Å². The number of rotatable bonds is 5. The van der Waals surface area contributed by atoms with Crippen LogP contribution in [0.5, 0.6) is 0 Å². The quantitative estimate of drug-likeness (QED) is 0.450. The van der Waals surface area contributed by atoms with Crippen molar-refractivity contribution in [2.45, 2.75) is 90.4 Å². The number of amides is 2. The summed E-state index contributed by atoms with van der Waals surface area (Å²) in [6.45, 7) is 13.8. The molecule has 1 aliphatic carbocycles. The fourth-order valence-electron chi connectivity index (χ4n) is 6.89. The fourth-order valence-corrected chi connectivity index (χ4v) is 6.89. The molecule has 2 saturated heterocycles. The maximum absolute atomic E-state index is 13.9. The van der Waals surface area contributed by atoms with Crippen LogP contribution < -0.4 is 0 Å². The van der Waals surface area contributed by atoms with E-state index in [4.69, 9.17) is 4.74 Å². The minimum atomic E-state index is -0.474. The number of nitrogens with zero attached hydrogens (tertiary/aromatic N) is 3. The summed E-state index contributed by atoms with van der Waals surface area (Å²) in [5, 5.41) is 0. The van der Waals surface area contributed by atoms with Crippen molar-refractivity contribution in [2.24, 2.45) is 5.41 Å². The van der Waals surface area contributed by atoms with E-state index in [0.717, 1.165) is 51.9 Å². The molecule has 2 aliphatic heterocycles. The number of hydrogen-bond donors (Lipinski definition) is 0. The summed E-state index contributed by atoms with van der Waals surface area (Å²) in [6.07, 6.45) is 3.82. The average molecular weight is 532 g/mol.